The number of hydrogen-bond acceptors (Lipinski definition) is 4. The Morgan fingerprint density at radius 3 is 1.00 bits per heavy atom. The summed E-state index contributed by atoms with van der Waals surface area (Å²) in [7, 11) is -4.61. The number of hydrogen-bond donors (Lipinski definition) is 4. The molecule has 0 bridgehead atoms. The van der Waals surface area contributed by atoms with Gasteiger partial charge >= 0.3 is 46.8 Å². The topological polar surface area (TPSA) is 80.9 Å². The third kappa shape index (κ3) is 57.2. The first-order valence-electron chi connectivity index (χ1n) is 0.894. The number of rotatable bonds is 0. The molecule has 0 aliphatic rings. The summed E-state index contributed by atoms with van der Waals surface area (Å²) >= 11 is 0. The van der Waals surface area contributed by atoms with Gasteiger partial charge in [-0.3, -0.25) is 0 Å². The first kappa shape index (κ1) is 16.3. The summed E-state index contributed by atoms with van der Waals surface area (Å²) in [6, 6.07) is 0. The monoisotopic (exact) mass is 277 g/mol. The van der Waals surface area contributed by atoms with Gasteiger partial charge in [0.15, 0.2) is 0 Å². The average Bonchev–Trinajstić information content (AvgIpc) is 0.722. The molecule has 7 heavy (non-hydrogen) atoms. The molecular weight excluding hydrogens is 271 g/mol. The fourth-order valence-electron chi connectivity index (χ4n) is 0. The fourth-order valence-corrected chi connectivity index (χ4v) is 0. The normalized spacial score (nSPS) is 8.57. The quantitative estimate of drug-likeness (QED) is 0.362. The molecule has 1 radical (unpaired) electrons. The van der Waals surface area contributed by atoms with Gasteiger partial charge in [-0.05, 0) is 0 Å². The third-order valence-electron chi connectivity index (χ3n) is 0. The smallest absolute Gasteiger partial charge is 1.00 e. The molecule has 0 amide bonds. The van der Waals surface area contributed by atoms with E-state index in [1.807, 2.05) is 0 Å². The summed E-state index contributed by atoms with van der Waals surface area (Å²) in [5.41, 5.74) is 0. The largest absolute Gasteiger partial charge is 2.00 e. The van der Waals surface area contributed by atoms with Gasteiger partial charge in [0.1, 0.15) is 0 Å². The van der Waals surface area contributed by atoms with Crippen LogP contribution in [0.25, 0.3) is 0 Å². The van der Waals surface area contributed by atoms with Gasteiger partial charge in [0.25, 0.3) is 0 Å². The molecule has 0 aliphatic carbocycles. The second-order valence-electron chi connectivity index (χ2n) is 0.600. The first-order chi connectivity index (χ1) is 2.00. The molecule has 0 atom stereocenters. The van der Waals surface area contributed by atoms with Crippen LogP contribution in [-0.4, -0.2) is 66.0 Å². The van der Waals surface area contributed by atoms with Crippen LogP contribution in [0.15, 0.2) is 0 Å². The second kappa shape index (κ2) is 6.63. The predicted molar refractivity (Wildman–Crippen MR) is 22.6 cm³/mol. The molecule has 4 nitrogen and oxygen atoms in total. The van der Waals surface area contributed by atoms with Crippen molar-refractivity contribution in [2.75, 3.05) is 0 Å². The van der Waals surface area contributed by atoms with E-state index in [1.165, 1.54) is 0 Å². The van der Waals surface area contributed by atoms with E-state index in [4.69, 9.17) is 19.2 Å². The van der Waals surface area contributed by atoms with E-state index < -0.39 is 9.05 Å². The van der Waals surface area contributed by atoms with Crippen LogP contribution in [0.1, 0.15) is 2.85 Å². The van der Waals surface area contributed by atoms with Crippen LogP contribution < -0.4 is 0 Å². The van der Waals surface area contributed by atoms with Gasteiger partial charge in [0, 0.05) is 35.6 Å². The van der Waals surface area contributed by atoms with Gasteiger partial charge in [-0.2, -0.15) is 0 Å². The van der Waals surface area contributed by atoms with Crippen molar-refractivity contribution in [3.05, 3.63) is 0 Å². The molecule has 7 heteroatoms. The van der Waals surface area contributed by atoms with Gasteiger partial charge in [-0.15, -0.1) is 0 Å². The van der Waals surface area contributed by atoms with Crippen LogP contribution >= 0.6 is 0 Å². The molecule has 0 unspecified atom stereocenters. The zero-order chi connectivity index (χ0) is 4.50. The summed E-state index contributed by atoms with van der Waals surface area (Å²) in [6.07, 6.45) is 0. The van der Waals surface area contributed by atoms with Crippen molar-refractivity contribution in [2.45, 2.75) is 0 Å². The summed E-state index contributed by atoms with van der Waals surface area (Å²) in [4.78, 5) is 29.3. The zero-order valence-corrected chi connectivity index (χ0v) is 10.4. The molecule has 0 aromatic rings. The molecule has 0 spiro atoms. The zero-order valence-electron chi connectivity index (χ0n) is 5.57. The Morgan fingerprint density at radius 1 is 1.00 bits per heavy atom. The Morgan fingerprint density at radius 2 is 1.00 bits per heavy atom. The van der Waals surface area contributed by atoms with Crippen LogP contribution in [0.4, 0.5) is 0 Å². The Hall–Kier alpha value is 2.51. The van der Waals surface area contributed by atoms with E-state index in [-0.39, 0.29) is 76.2 Å². The minimum atomic E-state index is -4.61. The fraction of sp³-hybridized carbons (Fsp3) is 0. The minimum Gasteiger partial charge on any atom is -1.00 e. The molecule has 4 N–H and O–H groups in total. The van der Waals surface area contributed by atoms with Gasteiger partial charge in [0.05, 0.1) is 0 Å². The standard InChI is InChI=1S/Ca.La.H4O4Si.2H/c;;1-5(2,3)4;;/h;;1-4H;;/q+2;;;2*-1. The molecule has 0 heterocycles. The van der Waals surface area contributed by atoms with E-state index >= 15 is 0 Å². The van der Waals surface area contributed by atoms with Crippen molar-refractivity contribution in [3.8, 4) is 0 Å². The Kier molecular flexibility index (Phi) is 15.4. The molecule has 0 aromatic heterocycles. The molecule has 0 rings (SSSR count). The van der Waals surface area contributed by atoms with Gasteiger partial charge in [-0.1, -0.05) is 0 Å². The van der Waals surface area contributed by atoms with E-state index in [1.54, 1.807) is 0 Å². The van der Waals surface area contributed by atoms with Crippen molar-refractivity contribution in [1.29, 1.82) is 0 Å². The van der Waals surface area contributed by atoms with Crippen molar-refractivity contribution >= 4 is 46.8 Å². The summed E-state index contributed by atoms with van der Waals surface area (Å²) < 4.78 is 0. The maximum atomic E-state index is 7.33. The maximum Gasteiger partial charge on any atom is 2.00 e. The Labute approximate surface area is 103 Å². The third-order valence-corrected chi connectivity index (χ3v) is 0. The SMILES string of the molecule is O[Si](O)(O)O.[Ca+2].[H-].[H-].[La]. The van der Waals surface area contributed by atoms with Crippen LogP contribution in [-0.2, 0) is 0 Å². The van der Waals surface area contributed by atoms with Crippen LogP contribution in [0.2, 0.25) is 0 Å². The van der Waals surface area contributed by atoms with Gasteiger partial charge in [0.2, 0.25) is 0 Å². The molecule has 0 fully saturated rings. The molecule has 0 saturated carbocycles. The molecule has 0 saturated heterocycles. The van der Waals surface area contributed by atoms with E-state index in [2.05, 4.69) is 0 Å². The summed E-state index contributed by atoms with van der Waals surface area (Å²) in [5, 5.41) is 0. The van der Waals surface area contributed by atoms with Crippen LogP contribution in [0, 0.1) is 35.6 Å². The molecular formula is H6CaLaO4Si. The van der Waals surface area contributed by atoms with Crippen molar-refractivity contribution in [2.24, 2.45) is 0 Å². The van der Waals surface area contributed by atoms with Gasteiger partial charge in [-0.25, -0.2) is 0 Å². The van der Waals surface area contributed by atoms with Crippen molar-refractivity contribution in [1.82, 2.24) is 0 Å². The Bertz CT molecular complexity index is 34.0. The van der Waals surface area contributed by atoms with E-state index in [9.17, 15) is 0 Å². The molecule has 0 aromatic carbocycles. The minimum absolute atomic E-state index is 0. The van der Waals surface area contributed by atoms with E-state index in [0.29, 0.717) is 0 Å². The first-order valence-corrected chi connectivity index (χ1v) is 2.68. The average molecular weight is 277 g/mol. The second-order valence-corrected chi connectivity index (χ2v) is 1.80. The van der Waals surface area contributed by atoms with Crippen molar-refractivity contribution in [3.63, 3.8) is 0 Å². The Balaban J connectivity index is -0.0000000133. The summed E-state index contributed by atoms with van der Waals surface area (Å²) in [6.45, 7) is 0. The summed E-state index contributed by atoms with van der Waals surface area (Å²) in [5.74, 6) is 0. The predicted octanol–water partition coefficient (Wildman–Crippen LogP) is -2.76. The van der Waals surface area contributed by atoms with E-state index in [0.717, 1.165) is 0 Å². The van der Waals surface area contributed by atoms with Crippen LogP contribution in [0.3, 0.4) is 0 Å². The van der Waals surface area contributed by atoms with Crippen LogP contribution in [0.5, 0.6) is 0 Å². The molecule has 39 valence electrons. The van der Waals surface area contributed by atoms with Crippen molar-refractivity contribution < 1.29 is 57.6 Å². The molecule has 0 aliphatic heterocycles. The maximum absolute atomic E-state index is 7.33. The van der Waals surface area contributed by atoms with Gasteiger partial charge < -0.3 is 22.0 Å².